The van der Waals surface area contributed by atoms with Gasteiger partial charge in [0.1, 0.15) is 12.4 Å². The summed E-state index contributed by atoms with van der Waals surface area (Å²) in [7, 11) is 1.58. The molecule has 1 atom stereocenters. The van der Waals surface area contributed by atoms with E-state index in [0.717, 1.165) is 22.9 Å². The molecule has 8 nitrogen and oxygen atoms in total. The van der Waals surface area contributed by atoms with Gasteiger partial charge >= 0.3 is 5.97 Å². The van der Waals surface area contributed by atoms with Crippen LogP contribution in [-0.2, 0) is 9.53 Å². The van der Waals surface area contributed by atoms with Crippen molar-refractivity contribution in [2.24, 2.45) is 0 Å². The van der Waals surface area contributed by atoms with Crippen LogP contribution in [0.15, 0.2) is 34.2 Å². The Hall–Kier alpha value is -2.55. The highest BCUT2D eigenvalue weighted by Crippen LogP contribution is 2.42. The number of halogens is 1. The summed E-state index contributed by atoms with van der Waals surface area (Å²) in [4.78, 5) is 17.2. The molecule has 3 rings (SSSR count). The fourth-order valence-electron chi connectivity index (χ4n) is 3.23. The summed E-state index contributed by atoms with van der Waals surface area (Å²) in [5, 5.41) is 7.47. The van der Waals surface area contributed by atoms with Crippen molar-refractivity contribution < 1.29 is 19.0 Å². The largest absolute Gasteiger partial charge is 0.493 e. The summed E-state index contributed by atoms with van der Waals surface area (Å²) in [6, 6.07) is 3.24. The Labute approximate surface area is 178 Å². The number of methoxy groups -OCH3 is 1. The van der Waals surface area contributed by atoms with Crippen molar-refractivity contribution in [2.45, 2.75) is 39.7 Å². The number of ether oxygens (including phenoxy) is 3. The van der Waals surface area contributed by atoms with E-state index in [2.05, 4.69) is 38.3 Å². The molecule has 1 aromatic heterocycles. The molecular weight excluding hydrogens is 440 g/mol. The first kappa shape index (κ1) is 21.2. The van der Waals surface area contributed by atoms with Crippen LogP contribution in [0.1, 0.15) is 45.2 Å². The van der Waals surface area contributed by atoms with Crippen molar-refractivity contribution in [1.29, 1.82) is 0 Å². The number of hydrogen-bond donors (Lipinski definition) is 1. The molecule has 2 heterocycles. The standard InChI is InChI=1S/C20H25BrN4O4/c1-5-7-8-29-19(26)16-12(3)24-20-22-11-23-25(20)17(16)13-9-14(21)18(28-6-2)15(10-13)27-4/h9-11,17H,5-8H2,1-4H3,(H,22,23,24). The first-order chi connectivity index (χ1) is 14.0. The fraction of sp³-hybridized carbons (Fsp3) is 0.450. The normalized spacial score (nSPS) is 15.6. The summed E-state index contributed by atoms with van der Waals surface area (Å²) >= 11 is 3.56. The molecule has 0 bridgehead atoms. The van der Waals surface area contributed by atoms with Gasteiger partial charge in [0.05, 0.1) is 30.4 Å². The second-order valence-corrected chi connectivity index (χ2v) is 7.41. The average Bonchev–Trinajstić information content (AvgIpc) is 3.16. The molecule has 29 heavy (non-hydrogen) atoms. The van der Waals surface area contributed by atoms with E-state index in [1.165, 1.54) is 6.33 Å². The number of fused-ring (bicyclic) bond motifs is 1. The average molecular weight is 465 g/mol. The Morgan fingerprint density at radius 1 is 1.34 bits per heavy atom. The molecule has 0 radical (unpaired) electrons. The second-order valence-electron chi connectivity index (χ2n) is 6.55. The molecule has 156 valence electrons. The van der Waals surface area contributed by atoms with Gasteiger partial charge in [-0.3, -0.25) is 0 Å². The maximum absolute atomic E-state index is 13.0. The van der Waals surface area contributed by atoms with E-state index >= 15 is 0 Å². The number of allylic oxidation sites excluding steroid dienone is 1. The lowest BCUT2D eigenvalue weighted by molar-refractivity contribution is -0.139. The molecule has 0 aliphatic carbocycles. The lowest BCUT2D eigenvalue weighted by Gasteiger charge is -2.29. The predicted molar refractivity (Wildman–Crippen MR) is 112 cm³/mol. The summed E-state index contributed by atoms with van der Waals surface area (Å²) in [6.07, 6.45) is 3.21. The molecule has 0 spiro atoms. The number of rotatable bonds is 8. The summed E-state index contributed by atoms with van der Waals surface area (Å²) in [6.45, 7) is 6.67. The van der Waals surface area contributed by atoms with E-state index in [1.807, 2.05) is 26.0 Å². The van der Waals surface area contributed by atoms with Gasteiger partial charge in [-0.25, -0.2) is 9.48 Å². The van der Waals surface area contributed by atoms with Crippen LogP contribution in [-0.4, -0.2) is 41.1 Å². The number of nitrogens with one attached hydrogen (secondary N) is 1. The molecule has 0 saturated carbocycles. The Morgan fingerprint density at radius 3 is 2.83 bits per heavy atom. The molecule has 2 aromatic rings. The van der Waals surface area contributed by atoms with Crippen LogP contribution in [0.4, 0.5) is 5.95 Å². The van der Waals surface area contributed by atoms with Crippen molar-refractivity contribution >= 4 is 27.8 Å². The van der Waals surface area contributed by atoms with Crippen molar-refractivity contribution in [2.75, 3.05) is 25.6 Å². The molecule has 9 heteroatoms. The minimum absolute atomic E-state index is 0.374. The highest BCUT2D eigenvalue weighted by Gasteiger charge is 2.35. The van der Waals surface area contributed by atoms with E-state index in [4.69, 9.17) is 14.2 Å². The lowest BCUT2D eigenvalue weighted by atomic mass is 9.95. The highest BCUT2D eigenvalue weighted by atomic mass is 79.9. The van der Waals surface area contributed by atoms with Crippen LogP contribution in [0.3, 0.4) is 0 Å². The number of unbranched alkanes of at least 4 members (excludes halogenated alkanes) is 1. The van der Waals surface area contributed by atoms with Gasteiger partial charge in [0, 0.05) is 5.70 Å². The quantitative estimate of drug-likeness (QED) is 0.464. The number of carbonyl (C=O) groups excluding carboxylic acids is 1. The maximum Gasteiger partial charge on any atom is 0.338 e. The third-order valence-corrected chi connectivity index (χ3v) is 5.19. The van der Waals surface area contributed by atoms with Gasteiger partial charge in [-0.2, -0.15) is 10.1 Å². The van der Waals surface area contributed by atoms with E-state index in [1.54, 1.807) is 11.8 Å². The highest BCUT2D eigenvalue weighted by molar-refractivity contribution is 9.10. The minimum atomic E-state index is -0.510. The van der Waals surface area contributed by atoms with Crippen LogP contribution < -0.4 is 14.8 Å². The molecule has 1 aromatic carbocycles. The van der Waals surface area contributed by atoms with Gasteiger partial charge in [-0.1, -0.05) is 13.3 Å². The van der Waals surface area contributed by atoms with Crippen LogP contribution in [0.5, 0.6) is 11.5 Å². The second kappa shape index (κ2) is 9.30. The third-order valence-electron chi connectivity index (χ3n) is 4.60. The first-order valence-corrected chi connectivity index (χ1v) is 10.4. The number of anilines is 1. The molecule has 0 amide bonds. The van der Waals surface area contributed by atoms with Crippen LogP contribution >= 0.6 is 15.9 Å². The number of esters is 1. The Kier molecular flexibility index (Phi) is 6.79. The van der Waals surface area contributed by atoms with Gasteiger partial charge in [0.15, 0.2) is 11.5 Å². The zero-order chi connectivity index (χ0) is 21.0. The summed E-state index contributed by atoms with van der Waals surface area (Å²) in [5.41, 5.74) is 1.96. The molecule has 0 saturated heterocycles. The number of aromatic nitrogens is 3. The van der Waals surface area contributed by atoms with Crippen molar-refractivity contribution in [3.8, 4) is 11.5 Å². The van der Waals surface area contributed by atoms with E-state index in [0.29, 0.717) is 41.9 Å². The van der Waals surface area contributed by atoms with Crippen molar-refractivity contribution in [3.05, 3.63) is 39.8 Å². The SMILES string of the molecule is CCCCOC(=O)C1=C(C)Nc2ncnn2C1c1cc(Br)c(OCC)c(OC)c1. The predicted octanol–water partition coefficient (Wildman–Crippen LogP) is 4.08. The first-order valence-electron chi connectivity index (χ1n) is 9.56. The lowest BCUT2D eigenvalue weighted by Crippen LogP contribution is -2.30. The summed E-state index contributed by atoms with van der Waals surface area (Å²) < 4.78 is 19.1. The minimum Gasteiger partial charge on any atom is -0.493 e. The number of nitrogens with zero attached hydrogens (tertiary/aromatic N) is 3. The monoisotopic (exact) mass is 464 g/mol. The van der Waals surface area contributed by atoms with Crippen LogP contribution in [0, 0.1) is 0 Å². The van der Waals surface area contributed by atoms with Gasteiger partial charge in [-0.05, 0) is 53.9 Å². The topological polar surface area (TPSA) is 87.5 Å². The fourth-order valence-corrected chi connectivity index (χ4v) is 3.81. The van der Waals surface area contributed by atoms with Gasteiger partial charge in [0.2, 0.25) is 5.95 Å². The molecule has 1 unspecified atom stereocenters. The van der Waals surface area contributed by atoms with E-state index in [9.17, 15) is 4.79 Å². The zero-order valence-corrected chi connectivity index (χ0v) is 18.6. The van der Waals surface area contributed by atoms with Crippen molar-refractivity contribution in [3.63, 3.8) is 0 Å². The molecule has 0 fully saturated rings. The Morgan fingerprint density at radius 2 is 2.14 bits per heavy atom. The van der Waals surface area contributed by atoms with Gasteiger partial charge in [-0.15, -0.1) is 0 Å². The van der Waals surface area contributed by atoms with E-state index < -0.39 is 6.04 Å². The number of benzene rings is 1. The number of carbonyl (C=O) groups is 1. The zero-order valence-electron chi connectivity index (χ0n) is 17.0. The van der Waals surface area contributed by atoms with E-state index in [-0.39, 0.29) is 5.97 Å². The molecule has 1 N–H and O–H groups in total. The smallest absolute Gasteiger partial charge is 0.338 e. The molecule has 1 aliphatic rings. The van der Waals surface area contributed by atoms with Crippen LogP contribution in [0.25, 0.3) is 0 Å². The van der Waals surface area contributed by atoms with Gasteiger partial charge < -0.3 is 19.5 Å². The van der Waals surface area contributed by atoms with Gasteiger partial charge in [0.25, 0.3) is 0 Å². The van der Waals surface area contributed by atoms with Crippen LogP contribution in [0.2, 0.25) is 0 Å². The Bertz CT molecular complexity index is 925. The Balaban J connectivity index is 2.09. The van der Waals surface area contributed by atoms with Crippen molar-refractivity contribution in [1.82, 2.24) is 14.8 Å². The third kappa shape index (κ3) is 4.24. The maximum atomic E-state index is 13.0. The molecular formula is C20H25BrN4O4. The molecule has 1 aliphatic heterocycles. The summed E-state index contributed by atoms with van der Waals surface area (Å²) in [5.74, 6) is 1.35. The number of hydrogen-bond acceptors (Lipinski definition) is 7.